The van der Waals surface area contributed by atoms with Gasteiger partial charge in [-0.15, -0.1) is 0 Å². The molecule has 0 saturated carbocycles. The van der Waals surface area contributed by atoms with Crippen molar-refractivity contribution in [2.24, 2.45) is 11.5 Å². The molecule has 102 valence electrons. The molecule has 4 N–H and O–H groups in total. The molecule has 0 radical (unpaired) electrons. The number of carbonyl (C=O) groups is 1. The van der Waals surface area contributed by atoms with E-state index in [9.17, 15) is 4.79 Å². The summed E-state index contributed by atoms with van der Waals surface area (Å²) < 4.78 is 7.51. The van der Waals surface area contributed by atoms with E-state index in [0.717, 1.165) is 23.1 Å². The molecule has 5 nitrogen and oxygen atoms in total. The number of fused-ring (bicyclic) bond motifs is 1. The average Bonchev–Trinajstić information content (AvgIpc) is 2.78. The van der Waals surface area contributed by atoms with Crippen LogP contribution >= 0.6 is 0 Å². The van der Waals surface area contributed by atoms with Gasteiger partial charge in [-0.1, -0.05) is 6.92 Å². The predicted octanol–water partition coefficient (Wildman–Crippen LogP) is 1.24. The molecule has 1 unspecified atom stereocenters. The number of ether oxygens (including phenoxy) is 1. The highest BCUT2D eigenvalue weighted by Gasteiger charge is 2.11. The number of carbonyl (C=O) groups excluding carboxylic acids is 1. The summed E-state index contributed by atoms with van der Waals surface area (Å²) in [7, 11) is 0. The Morgan fingerprint density at radius 1 is 1.42 bits per heavy atom. The molecule has 1 aromatic carbocycles. The number of nitrogens with zero attached hydrogens (tertiary/aromatic N) is 1. The Morgan fingerprint density at radius 2 is 2.21 bits per heavy atom. The molecule has 0 aliphatic rings. The zero-order valence-electron chi connectivity index (χ0n) is 11.0. The van der Waals surface area contributed by atoms with Crippen LogP contribution in [0.5, 0.6) is 5.75 Å². The lowest BCUT2D eigenvalue weighted by molar-refractivity contribution is -0.119. The summed E-state index contributed by atoms with van der Waals surface area (Å²) in [6, 6.07) is 7.17. The van der Waals surface area contributed by atoms with Gasteiger partial charge >= 0.3 is 0 Å². The first-order valence-electron chi connectivity index (χ1n) is 6.38. The van der Waals surface area contributed by atoms with Crippen LogP contribution in [0.4, 0.5) is 0 Å². The van der Waals surface area contributed by atoms with Gasteiger partial charge in [0.2, 0.25) is 5.91 Å². The fourth-order valence-electron chi connectivity index (χ4n) is 1.95. The van der Waals surface area contributed by atoms with Gasteiger partial charge in [0.1, 0.15) is 11.8 Å². The Balaban J connectivity index is 2.21. The van der Waals surface area contributed by atoms with Crippen LogP contribution in [0.15, 0.2) is 30.5 Å². The number of aromatic nitrogens is 1. The number of primary amides is 1. The van der Waals surface area contributed by atoms with Crippen LogP contribution in [-0.4, -0.2) is 23.1 Å². The summed E-state index contributed by atoms with van der Waals surface area (Å²) in [4.78, 5) is 11.0. The summed E-state index contributed by atoms with van der Waals surface area (Å²) in [6.07, 6.45) is 2.88. The second kappa shape index (κ2) is 5.75. The number of hydrogen-bond donors (Lipinski definition) is 2. The fraction of sp³-hybridized carbons (Fsp3) is 0.357. The van der Waals surface area contributed by atoms with E-state index in [4.69, 9.17) is 16.2 Å². The normalized spacial score (nSPS) is 12.5. The number of rotatable bonds is 6. The van der Waals surface area contributed by atoms with E-state index >= 15 is 0 Å². The quantitative estimate of drug-likeness (QED) is 0.820. The summed E-state index contributed by atoms with van der Waals surface area (Å²) in [6.45, 7) is 3.16. The highest BCUT2D eigenvalue weighted by atomic mass is 16.5. The van der Waals surface area contributed by atoms with Gasteiger partial charge in [0.05, 0.1) is 6.61 Å². The third-order valence-electron chi connectivity index (χ3n) is 2.97. The monoisotopic (exact) mass is 261 g/mol. The summed E-state index contributed by atoms with van der Waals surface area (Å²) >= 11 is 0. The second-order valence-corrected chi connectivity index (χ2v) is 4.55. The molecule has 1 heterocycles. The van der Waals surface area contributed by atoms with E-state index in [0.29, 0.717) is 13.2 Å². The SMILES string of the molecule is CCCOc1ccc2c(ccn2CC(N)C(N)=O)c1. The van der Waals surface area contributed by atoms with Crippen molar-refractivity contribution in [3.05, 3.63) is 30.5 Å². The topological polar surface area (TPSA) is 83.3 Å². The van der Waals surface area contributed by atoms with Gasteiger partial charge < -0.3 is 20.8 Å². The Labute approximate surface area is 112 Å². The van der Waals surface area contributed by atoms with Crippen molar-refractivity contribution in [3.63, 3.8) is 0 Å². The zero-order chi connectivity index (χ0) is 13.8. The van der Waals surface area contributed by atoms with Gasteiger partial charge in [-0.2, -0.15) is 0 Å². The third-order valence-corrected chi connectivity index (χ3v) is 2.97. The van der Waals surface area contributed by atoms with E-state index in [1.54, 1.807) is 0 Å². The molecule has 0 saturated heterocycles. The minimum atomic E-state index is -0.674. The minimum Gasteiger partial charge on any atom is -0.494 e. The second-order valence-electron chi connectivity index (χ2n) is 4.55. The van der Waals surface area contributed by atoms with E-state index in [-0.39, 0.29) is 0 Å². The molecule has 0 bridgehead atoms. The lowest BCUT2D eigenvalue weighted by Gasteiger charge is -2.10. The van der Waals surface area contributed by atoms with Crippen molar-refractivity contribution in [3.8, 4) is 5.75 Å². The lowest BCUT2D eigenvalue weighted by Crippen LogP contribution is -2.39. The predicted molar refractivity (Wildman–Crippen MR) is 74.9 cm³/mol. The van der Waals surface area contributed by atoms with Gasteiger partial charge in [0.15, 0.2) is 0 Å². The first kappa shape index (κ1) is 13.4. The van der Waals surface area contributed by atoms with Crippen molar-refractivity contribution < 1.29 is 9.53 Å². The van der Waals surface area contributed by atoms with Crippen LogP contribution in [0.1, 0.15) is 13.3 Å². The van der Waals surface area contributed by atoms with Crippen molar-refractivity contribution in [1.29, 1.82) is 0 Å². The Bertz CT molecular complexity index is 577. The standard InChI is InChI=1S/C14H19N3O2/c1-2-7-19-11-3-4-13-10(8-11)5-6-17(13)9-12(15)14(16)18/h3-6,8,12H,2,7,9,15H2,1H3,(H2,16,18). The van der Waals surface area contributed by atoms with Crippen LogP contribution in [-0.2, 0) is 11.3 Å². The maximum atomic E-state index is 11.0. The average molecular weight is 261 g/mol. The van der Waals surface area contributed by atoms with E-state index < -0.39 is 11.9 Å². The first-order valence-corrected chi connectivity index (χ1v) is 6.38. The highest BCUT2D eigenvalue weighted by Crippen LogP contribution is 2.22. The summed E-state index contributed by atoms with van der Waals surface area (Å²) in [5.41, 5.74) is 11.9. The molecular weight excluding hydrogens is 242 g/mol. The van der Waals surface area contributed by atoms with E-state index in [2.05, 4.69) is 6.92 Å². The number of hydrogen-bond acceptors (Lipinski definition) is 3. The van der Waals surface area contributed by atoms with Crippen LogP contribution < -0.4 is 16.2 Å². The van der Waals surface area contributed by atoms with Gasteiger partial charge in [-0.05, 0) is 30.7 Å². The number of amides is 1. The molecular formula is C14H19N3O2. The van der Waals surface area contributed by atoms with Gasteiger partial charge in [0, 0.05) is 23.6 Å². The van der Waals surface area contributed by atoms with Gasteiger partial charge in [-0.3, -0.25) is 4.79 Å². The van der Waals surface area contributed by atoms with Crippen LogP contribution in [0.25, 0.3) is 10.9 Å². The molecule has 5 heteroatoms. The molecule has 1 aromatic heterocycles. The zero-order valence-corrected chi connectivity index (χ0v) is 11.0. The first-order chi connectivity index (χ1) is 9.11. The molecule has 19 heavy (non-hydrogen) atoms. The number of nitrogens with two attached hydrogens (primary N) is 2. The van der Waals surface area contributed by atoms with Crippen molar-refractivity contribution in [2.75, 3.05) is 6.61 Å². The third kappa shape index (κ3) is 3.06. The maximum Gasteiger partial charge on any atom is 0.236 e. The highest BCUT2D eigenvalue weighted by molar-refractivity contribution is 5.83. The van der Waals surface area contributed by atoms with Crippen LogP contribution in [0, 0.1) is 0 Å². The molecule has 1 amide bonds. The lowest BCUT2D eigenvalue weighted by atomic mass is 10.2. The molecule has 0 aliphatic carbocycles. The fourth-order valence-corrected chi connectivity index (χ4v) is 1.95. The molecule has 2 aromatic rings. The van der Waals surface area contributed by atoms with E-state index in [1.807, 2.05) is 35.0 Å². The Hall–Kier alpha value is -2.01. The largest absolute Gasteiger partial charge is 0.494 e. The Morgan fingerprint density at radius 3 is 2.89 bits per heavy atom. The number of benzene rings is 1. The Kier molecular flexibility index (Phi) is 4.06. The maximum absolute atomic E-state index is 11.0. The van der Waals surface area contributed by atoms with Gasteiger partial charge in [0.25, 0.3) is 0 Å². The molecule has 1 atom stereocenters. The van der Waals surface area contributed by atoms with Crippen molar-refractivity contribution >= 4 is 16.8 Å². The summed E-state index contributed by atoms with van der Waals surface area (Å²) in [5, 5.41) is 1.06. The molecule has 0 fully saturated rings. The van der Waals surface area contributed by atoms with Crippen LogP contribution in [0.3, 0.4) is 0 Å². The molecule has 2 rings (SSSR count). The van der Waals surface area contributed by atoms with E-state index in [1.165, 1.54) is 0 Å². The smallest absolute Gasteiger partial charge is 0.236 e. The van der Waals surface area contributed by atoms with Crippen molar-refractivity contribution in [1.82, 2.24) is 4.57 Å². The minimum absolute atomic E-state index is 0.383. The summed E-state index contributed by atoms with van der Waals surface area (Å²) in [5.74, 6) is 0.357. The molecule has 0 aliphatic heterocycles. The van der Waals surface area contributed by atoms with Crippen LogP contribution in [0.2, 0.25) is 0 Å². The molecule has 0 spiro atoms. The van der Waals surface area contributed by atoms with Crippen molar-refractivity contribution in [2.45, 2.75) is 25.9 Å². The van der Waals surface area contributed by atoms with Gasteiger partial charge in [-0.25, -0.2) is 0 Å².